The number of para-hydroxylation sites is 2. The first-order valence-electron chi connectivity index (χ1n) is 8.50. The molecule has 2 aromatic rings. The molecule has 1 heterocycles. The molecule has 0 radical (unpaired) electrons. The van der Waals surface area contributed by atoms with Crippen molar-refractivity contribution in [1.29, 1.82) is 0 Å². The molecule has 1 N–H and O–H groups in total. The number of aliphatic carboxylic acids is 1. The molecule has 0 saturated heterocycles. The van der Waals surface area contributed by atoms with Crippen LogP contribution < -0.4 is 14.4 Å². The molecule has 1 amide bonds. The fourth-order valence-electron chi connectivity index (χ4n) is 2.73. The Bertz CT molecular complexity index is 899. The van der Waals surface area contributed by atoms with E-state index in [1.54, 1.807) is 63.4 Å². The molecule has 0 aliphatic carbocycles. The van der Waals surface area contributed by atoms with E-state index in [0.29, 0.717) is 17.2 Å². The van der Waals surface area contributed by atoms with E-state index in [1.165, 1.54) is 4.90 Å². The highest BCUT2D eigenvalue weighted by Gasteiger charge is 2.37. The number of amides is 1. The number of benzene rings is 2. The van der Waals surface area contributed by atoms with Crippen LogP contribution in [0.15, 0.2) is 54.3 Å². The van der Waals surface area contributed by atoms with Crippen LogP contribution in [-0.4, -0.2) is 30.6 Å². The second kappa shape index (κ2) is 7.15. The van der Waals surface area contributed by atoms with Gasteiger partial charge in [0.2, 0.25) is 0 Å². The first-order valence-corrected chi connectivity index (χ1v) is 8.50. The standard InChI is InChI=1S/C21H21NO5/c1-21(2,20(24)25)13-22-16-6-4-5-7-17(16)27-18(19(22)23)12-14-8-10-15(26-3)11-9-14/h4-12H,13H2,1-3H3,(H,24,25)/b18-12+. The van der Waals surface area contributed by atoms with Crippen molar-refractivity contribution in [3.05, 3.63) is 59.9 Å². The maximum absolute atomic E-state index is 13.0. The minimum atomic E-state index is -1.11. The summed E-state index contributed by atoms with van der Waals surface area (Å²) in [6.45, 7) is 3.21. The molecule has 6 nitrogen and oxygen atoms in total. The first kappa shape index (κ1) is 18.5. The van der Waals surface area contributed by atoms with Gasteiger partial charge in [-0.05, 0) is 49.8 Å². The fourth-order valence-corrected chi connectivity index (χ4v) is 2.73. The van der Waals surface area contributed by atoms with Crippen molar-refractivity contribution in [3.63, 3.8) is 0 Å². The number of carbonyl (C=O) groups is 2. The van der Waals surface area contributed by atoms with E-state index in [1.807, 2.05) is 12.1 Å². The minimum Gasteiger partial charge on any atom is -0.497 e. The molecule has 0 spiro atoms. The number of methoxy groups -OCH3 is 1. The quantitative estimate of drug-likeness (QED) is 0.818. The molecule has 1 aliphatic heterocycles. The molecule has 0 fully saturated rings. The van der Waals surface area contributed by atoms with Gasteiger partial charge in [0.05, 0.1) is 18.2 Å². The number of rotatable bonds is 5. The van der Waals surface area contributed by atoms with Crippen molar-refractivity contribution in [2.75, 3.05) is 18.6 Å². The normalized spacial score (nSPS) is 15.3. The van der Waals surface area contributed by atoms with Gasteiger partial charge in [-0.15, -0.1) is 0 Å². The summed E-state index contributed by atoms with van der Waals surface area (Å²) in [7, 11) is 1.58. The Labute approximate surface area is 157 Å². The summed E-state index contributed by atoms with van der Waals surface area (Å²) in [6.07, 6.45) is 1.64. The Morgan fingerprint density at radius 1 is 1.19 bits per heavy atom. The summed E-state index contributed by atoms with van der Waals surface area (Å²) in [6, 6.07) is 14.3. The molecule has 3 rings (SSSR count). The predicted molar refractivity (Wildman–Crippen MR) is 102 cm³/mol. The highest BCUT2D eigenvalue weighted by molar-refractivity contribution is 6.10. The molecule has 0 aromatic heterocycles. The van der Waals surface area contributed by atoms with Crippen molar-refractivity contribution in [1.82, 2.24) is 0 Å². The maximum atomic E-state index is 13.0. The zero-order chi connectivity index (χ0) is 19.6. The third-order valence-electron chi connectivity index (χ3n) is 4.38. The van der Waals surface area contributed by atoms with Crippen LogP contribution in [0, 0.1) is 5.41 Å². The van der Waals surface area contributed by atoms with Crippen LogP contribution in [-0.2, 0) is 9.59 Å². The molecule has 1 aliphatic rings. The van der Waals surface area contributed by atoms with E-state index < -0.39 is 11.4 Å². The molecule has 0 atom stereocenters. The SMILES string of the molecule is COc1ccc(/C=C2/Oc3ccccc3N(CC(C)(C)C(=O)O)C2=O)cc1. The molecular formula is C21H21NO5. The van der Waals surface area contributed by atoms with Gasteiger partial charge in [-0.1, -0.05) is 24.3 Å². The molecule has 2 aromatic carbocycles. The van der Waals surface area contributed by atoms with Gasteiger partial charge in [0.15, 0.2) is 11.5 Å². The number of carbonyl (C=O) groups excluding carboxylic acids is 1. The predicted octanol–water partition coefficient (Wildman–Crippen LogP) is 3.57. The topological polar surface area (TPSA) is 76.1 Å². The van der Waals surface area contributed by atoms with E-state index in [-0.39, 0.29) is 18.2 Å². The number of ether oxygens (including phenoxy) is 2. The number of anilines is 1. The summed E-state index contributed by atoms with van der Waals surface area (Å²) in [4.78, 5) is 26.0. The molecule has 0 unspecified atom stereocenters. The molecule has 0 bridgehead atoms. The van der Waals surface area contributed by atoms with Gasteiger partial charge < -0.3 is 19.5 Å². The van der Waals surface area contributed by atoms with Crippen molar-refractivity contribution in [2.24, 2.45) is 5.41 Å². The first-order chi connectivity index (χ1) is 12.8. The average Bonchev–Trinajstić information content (AvgIpc) is 2.65. The lowest BCUT2D eigenvalue weighted by atomic mass is 9.92. The van der Waals surface area contributed by atoms with Gasteiger partial charge in [-0.3, -0.25) is 9.59 Å². The Kier molecular flexibility index (Phi) is 4.90. The smallest absolute Gasteiger partial charge is 0.310 e. The van der Waals surface area contributed by atoms with E-state index in [2.05, 4.69) is 0 Å². The maximum Gasteiger partial charge on any atom is 0.310 e. The lowest BCUT2D eigenvalue weighted by Gasteiger charge is -2.34. The van der Waals surface area contributed by atoms with Crippen molar-refractivity contribution in [3.8, 4) is 11.5 Å². The minimum absolute atomic E-state index is 0.0293. The Morgan fingerprint density at radius 2 is 1.85 bits per heavy atom. The van der Waals surface area contributed by atoms with Gasteiger partial charge >= 0.3 is 5.97 Å². The zero-order valence-electron chi connectivity index (χ0n) is 15.4. The van der Waals surface area contributed by atoms with Crippen LogP contribution in [0.1, 0.15) is 19.4 Å². The van der Waals surface area contributed by atoms with E-state index in [9.17, 15) is 14.7 Å². The summed E-state index contributed by atoms with van der Waals surface area (Å²) in [5.74, 6) is 0.0140. The van der Waals surface area contributed by atoms with Crippen LogP contribution in [0.2, 0.25) is 0 Å². The van der Waals surface area contributed by atoms with Crippen molar-refractivity contribution < 1.29 is 24.2 Å². The highest BCUT2D eigenvalue weighted by atomic mass is 16.5. The molecule has 27 heavy (non-hydrogen) atoms. The van der Waals surface area contributed by atoms with Crippen LogP contribution >= 0.6 is 0 Å². The van der Waals surface area contributed by atoms with E-state index in [4.69, 9.17) is 9.47 Å². The third-order valence-corrected chi connectivity index (χ3v) is 4.38. The van der Waals surface area contributed by atoms with Crippen molar-refractivity contribution in [2.45, 2.75) is 13.8 Å². The fraction of sp³-hybridized carbons (Fsp3) is 0.238. The molecule has 6 heteroatoms. The molecule has 140 valence electrons. The second-order valence-electron chi connectivity index (χ2n) is 6.93. The Hall–Kier alpha value is -3.28. The summed E-state index contributed by atoms with van der Waals surface area (Å²) in [5, 5.41) is 9.46. The zero-order valence-corrected chi connectivity index (χ0v) is 15.4. The largest absolute Gasteiger partial charge is 0.497 e. The third kappa shape index (κ3) is 3.79. The van der Waals surface area contributed by atoms with Gasteiger partial charge in [0.1, 0.15) is 5.75 Å². The number of hydrogen-bond donors (Lipinski definition) is 1. The summed E-state index contributed by atoms with van der Waals surface area (Å²) in [5.41, 5.74) is 0.227. The second-order valence-corrected chi connectivity index (χ2v) is 6.93. The number of carboxylic acids is 1. The lowest BCUT2D eigenvalue weighted by Crippen LogP contribution is -2.45. The summed E-state index contributed by atoms with van der Waals surface area (Å²) >= 11 is 0. The van der Waals surface area contributed by atoms with Crippen LogP contribution in [0.4, 0.5) is 5.69 Å². The summed E-state index contributed by atoms with van der Waals surface area (Å²) < 4.78 is 10.9. The number of nitrogens with zero attached hydrogens (tertiary/aromatic N) is 1. The number of hydrogen-bond acceptors (Lipinski definition) is 4. The Balaban J connectivity index is 1.99. The average molecular weight is 367 g/mol. The van der Waals surface area contributed by atoms with Gasteiger partial charge in [-0.25, -0.2) is 0 Å². The number of carboxylic acid groups (broad SMARTS) is 1. The van der Waals surface area contributed by atoms with Gasteiger partial charge in [-0.2, -0.15) is 0 Å². The molecular weight excluding hydrogens is 346 g/mol. The van der Waals surface area contributed by atoms with Crippen molar-refractivity contribution >= 4 is 23.6 Å². The lowest BCUT2D eigenvalue weighted by molar-refractivity contribution is -0.146. The van der Waals surface area contributed by atoms with E-state index >= 15 is 0 Å². The van der Waals surface area contributed by atoms with Gasteiger partial charge in [0.25, 0.3) is 5.91 Å². The van der Waals surface area contributed by atoms with Crippen LogP contribution in [0.3, 0.4) is 0 Å². The monoisotopic (exact) mass is 367 g/mol. The Morgan fingerprint density at radius 3 is 2.48 bits per heavy atom. The molecule has 0 saturated carbocycles. The highest BCUT2D eigenvalue weighted by Crippen LogP contribution is 2.37. The van der Waals surface area contributed by atoms with Gasteiger partial charge in [0, 0.05) is 6.54 Å². The van der Waals surface area contributed by atoms with Crippen LogP contribution in [0.25, 0.3) is 6.08 Å². The van der Waals surface area contributed by atoms with Crippen LogP contribution in [0.5, 0.6) is 11.5 Å². The van der Waals surface area contributed by atoms with E-state index in [0.717, 1.165) is 5.56 Å². The number of fused-ring (bicyclic) bond motifs is 1.